The molecule has 1 fully saturated rings. The van der Waals surface area contributed by atoms with Crippen LogP contribution < -0.4 is 5.32 Å². The van der Waals surface area contributed by atoms with Gasteiger partial charge in [-0.15, -0.1) is 0 Å². The zero-order chi connectivity index (χ0) is 19.3. The zero-order valence-electron chi connectivity index (χ0n) is 16.6. The van der Waals surface area contributed by atoms with Crippen LogP contribution >= 0.6 is 0 Å². The lowest BCUT2D eigenvalue weighted by atomic mass is 10.1. The van der Waals surface area contributed by atoms with Gasteiger partial charge < -0.3 is 14.6 Å². The summed E-state index contributed by atoms with van der Waals surface area (Å²) in [5, 5.41) is 3.63. The van der Waals surface area contributed by atoms with E-state index in [0.717, 1.165) is 37.6 Å². The van der Waals surface area contributed by atoms with Gasteiger partial charge in [0.05, 0.1) is 25.1 Å². The first-order valence-electron chi connectivity index (χ1n) is 9.92. The van der Waals surface area contributed by atoms with E-state index in [1.54, 1.807) is 6.20 Å². The average Bonchev–Trinajstić information content (AvgIpc) is 3.23. The fourth-order valence-electron chi connectivity index (χ4n) is 3.81. The Hall–Kier alpha value is -2.63. The van der Waals surface area contributed by atoms with E-state index in [1.807, 2.05) is 17.1 Å². The Balaban J connectivity index is 1.37. The molecule has 2 heterocycles. The van der Waals surface area contributed by atoms with Gasteiger partial charge in [-0.25, -0.2) is 4.98 Å². The Morgan fingerprint density at radius 2 is 2.07 bits per heavy atom. The smallest absolute Gasteiger partial charge is 0.0991 e. The standard InChI is InChI=1S/C23H28N4O/c1-18-14-21(8-9-22(18)27-11-10-24-17-27)25-19(2)23-16-26(12-13-28-23)15-20-6-4-3-5-7-20/h3-11,14,17,19,23,25H,12-13,15-16H2,1-2H3. The molecule has 2 aromatic carbocycles. The number of aryl methyl sites for hydroxylation is 1. The Morgan fingerprint density at radius 1 is 1.21 bits per heavy atom. The summed E-state index contributed by atoms with van der Waals surface area (Å²) in [6.07, 6.45) is 5.77. The van der Waals surface area contributed by atoms with Crippen molar-refractivity contribution in [3.63, 3.8) is 0 Å². The number of anilines is 1. The van der Waals surface area contributed by atoms with Gasteiger partial charge in [0.2, 0.25) is 0 Å². The molecule has 1 aromatic heterocycles. The van der Waals surface area contributed by atoms with Crippen LogP contribution in [-0.4, -0.2) is 46.3 Å². The molecule has 2 unspecified atom stereocenters. The van der Waals surface area contributed by atoms with E-state index in [0.29, 0.717) is 0 Å². The van der Waals surface area contributed by atoms with Gasteiger partial charge in [-0.2, -0.15) is 0 Å². The highest BCUT2D eigenvalue weighted by Crippen LogP contribution is 2.21. The van der Waals surface area contributed by atoms with Crippen molar-refractivity contribution in [2.75, 3.05) is 25.0 Å². The van der Waals surface area contributed by atoms with Crippen molar-refractivity contribution in [1.82, 2.24) is 14.5 Å². The van der Waals surface area contributed by atoms with Crippen LogP contribution in [0.1, 0.15) is 18.1 Å². The monoisotopic (exact) mass is 376 g/mol. The number of hydrogen-bond acceptors (Lipinski definition) is 4. The van der Waals surface area contributed by atoms with Crippen LogP contribution in [-0.2, 0) is 11.3 Å². The van der Waals surface area contributed by atoms with Gasteiger partial charge in [-0.3, -0.25) is 4.90 Å². The third-order valence-corrected chi connectivity index (χ3v) is 5.36. The number of aromatic nitrogens is 2. The van der Waals surface area contributed by atoms with Crippen molar-refractivity contribution in [2.24, 2.45) is 0 Å². The molecule has 1 N–H and O–H groups in total. The molecular weight excluding hydrogens is 348 g/mol. The van der Waals surface area contributed by atoms with Crippen LogP contribution in [0.25, 0.3) is 5.69 Å². The molecule has 0 spiro atoms. The van der Waals surface area contributed by atoms with E-state index in [4.69, 9.17) is 4.74 Å². The number of hydrogen-bond donors (Lipinski definition) is 1. The van der Waals surface area contributed by atoms with Crippen LogP contribution in [0.2, 0.25) is 0 Å². The molecule has 1 saturated heterocycles. The van der Waals surface area contributed by atoms with E-state index in [2.05, 4.69) is 77.6 Å². The fraction of sp³-hybridized carbons (Fsp3) is 0.348. The van der Waals surface area contributed by atoms with Gasteiger partial charge in [0.25, 0.3) is 0 Å². The topological polar surface area (TPSA) is 42.3 Å². The molecule has 0 aliphatic carbocycles. The number of imidazole rings is 1. The normalized spacial score (nSPS) is 18.7. The summed E-state index contributed by atoms with van der Waals surface area (Å²) in [5.41, 5.74) is 4.84. The van der Waals surface area contributed by atoms with Crippen LogP contribution in [0.4, 0.5) is 5.69 Å². The largest absolute Gasteiger partial charge is 0.380 e. The number of nitrogens with one attached hydrogen (secondary N) is 1. The highest BCUT2D eigenvalue weighted by molar-refractivity contribution is 5.54. The van der Waals surface area contributed by atoms with Crippen molar-refractivity contribution in [1.29, 1.82) is 0 Å². The molecule has 0 radical (unpaired) electrons. The SMILES string of the molecule is Cc1cc(NC(C)C2CN(Cc3ccccc3)CCO2)ccc1-n1ccnc1. The summed E-state index contributed by atoms with van der Waals surface area (Å²) in [6.45, 7) is 8.01. The van der Waals surface area contributed by atoms with E-state index < -0.39 is 0 Å². The quantitative estimate of drug-likeness (QED) is 0.709. The lowest BCUT2D eigenvalue weighted by Crippen LogP contribution is -2.48. The third kappa shape index (κ3) is 4.43. The molecule has 3 aromatic rings. The third-order valence-electron chi connectivity index (χ3n) is 5.36. The maximum Gasteiger partial charge on any atom is 0.0991 e. The van der Waals surface area contributed by atoms with E-state index in [9.17, 15) is 0 Å². The minimum Gasteiger partial charge on any atom is -0.380 e. The molecule has 5 heteroatoms. The summed E-state index contributed by atoms with van der Waals surface area (Å²) in [7, 11) is 0. The van der Waals surface area contributed by atoms with Crippen LogP contribution in [0.3, 0.4) is 0 Å². The molecule has 2 atom stereocenters. The first-order chi connectivity index (χ1) is 13.7. The van der Waals surface area contributed by atoms with Gasteiger partial charge in [-0.1, -0.05) is 30.3 Å². The van der Waals surface area contributed by atoms with Crippen molar-refractivity contribution >= 4 is 5.69 Å². The highest BCUT2D eigenvalue weighted by atomic mass is 16.5. The first-order valence-corrected chi connectivity index (χ1v) is 9.92. The van der Waals surface area contributed by atoms with Gasteiger partial charge in [-0.05, 0) is 43.2 Å². The van der Waals surface area contributed by atoms with Crippen molar-refractivity contribution in [3.05, 3.63) is 78.4 Å². The molecule has 0 bridgehead atoms. The minimum atomic E-state index is 0.172. The van der Waals surface area contributed by atoms with Crippen LogP contribution in [0.5, 0.6) is 0 Å². The summed E-state index contributed by atoms with van der Waals surface area (Å²) >= 11 is 0. The predicted octanol–water partition coefficient (Wildman–Crippen LogP) is 3.88. The summed E-state index contributed by atoms with van der Waals surface area (Å²) < 4.78 is 8.11. The summed E-state index contributed by atoms with van der Waals surface area (Å²) in [5.74, 6) is 0. The van der Waals surface area contributed by atoms with Crippen LogP contribution in [0.15, 0.2) is 67.3 Å². The number of morpholine rings is 1. The summed E-state index contributed by atoms with van der Waals surface area (Å²) in [4.78, 5) is 6.62. The molecule has 4 rings (SSSR count). The fourth-order valence-corrected chi connectivity index (χ4v) is 3.81. The maximum atomic E-state index is 6.08. The predicted molar refractivity (Wildman–Crippen MR) is 113 cm³/mol. The Labute approximate surface area is 167 Å². The summed E-state index contributed by atoms with van der Waals surface area (Å²) in [6, 6.07) is 17.3. The molecular formula is C23H28N4O. The molecule has 146 valence electrons. The number of benzene rings is 2. The Kier molecular flexibility index (Phi) is 5.74. The van der Waals surface area contributed by atoms with Crippen molar-refractivity contribution in [3.8, 4) is 5.69 Å². The van der Waals surface area contributed by atoms with Crippen molar-refractivity contribution in [2.45, 2.75) is 32.5 Å². The van der Waals surface area contributed by atoms with Crippen LogP contribution in [0, 0.1) is 6.92 Å². The lowest BCUT2D eigenvalue weighted by molar-refractivity contribution is -0.0373. The lowest BCUT2D eigenvalue weighted by Gasteiger charge is -2.36. The van der Waals surface area contributed by atoms with Gasteiger partial charge in [0.15, 0.2) is 0 Å². The molecule has 28 heavy (non-hydrogen) atoms. The average molecular weight is 377 g/mol. The molecule has 5 nitrogen and oxygen atoms in total. The van der Waals surface area contributed by atoms with E-state index in [-0.39, 0.29) is 12.1 Å². The second kappa shape index (κ2) is 8.59. The van der Waals surface area contributed by atoms with E-state index >= 15 is 0 Å². The van der Waals surface area contributed by atoms with E-state index in [1.165, 1.54) is 11.1 Å². The maximum absolute atomic E-state index is 6.08. The number of ether oxygens (including phenoxy) is 1. The van der Waals surface area contributed by atoms with Crippen molar-refractivity contribution < 1.29 is 4.74 Å². The molecule has 1 aliphatic rings. The van der Waals surface area contributed by atoms with Gasteiger partial charge >= 0.3 is 0 Å². The first kappa shape index (κ1) is 18.7. The molecule has 0 saturated carbocycles. The molecule has 0 amide bonds. The second-order valence-corrected chi connectivity index (χ2v) is 7.53. The Morgan fingerprint density at radius 3 is 2.82 bits per heavy atom. The second-order valence-electron chi connectivity index (χ2n) is 7.53. The number of nitrogens with zero attached hydrogens (tertiary/aromatic N) is 3. The van der Waals surface area contributed by atoms with Gasteiger partial charge in [0, 0.05) is 43.4 Å². The number of rotatable bonds is 6. The zero-order valence-corrected chi connectivity index (χ0v) is 16.6. The van der Waals surface area contributed by atoms with Gasteiger partial charge in [0.1, 0.15) is 0 Å². The minimum absolute atomic E-state index is 0.172. The molecule has 1 aliphatic heterocycles. The highest BCUT2D eigenvalue weighted by Gasteiger charge is 2.25. The Bertz CT molecular complexity index is 879.